The van der Waals surface area contributed by atoms with Crippen LogP contribution in [0.4, 0.5) is 0 Å². The summed E-state index contributed by atoms with van der Waals surface area (Å²) in [5, 5.41) is 32.9. The molecule has 29 heavy (non-hydrogen) atoms. The predicted molar refractivity (Wildman–Crippen MR) is 106 cm³/mol. The van der Waals surface area contributed by atoms with Crippen LogP contribution in [0.3, 0.4) is 0 Å². The van der Waals surface area contributed by atoms with Crippen molar-refractivity contribution in [3.63, 3.8) is 0 Å². The number of carbonyl (C=O) groups is 1. The number of aromatic nitrogens is 1. The maximum atomic E-state index is 12.3. The Kier molecular flexibility index (Phi) is 3.78. The van der Waals surface area contributed by atoms with Gasteiger partial charge in [0.1, 0.15) is 12.4 Å². The number of cyclic esters (lactones) is 1. The third kappa shape index (κ3) is 2.31. The number of ether oxygens (including phenoxy) is 1. The van der Waals surface area contributed by atoms with Crippen molar-refractivity contribution in [2.24, 2.45) is 0 Å². The first kappa shape index (κ1) is 18.1. The molecule has 3 N–H and O–H groups in total. The second-order valence-electron chi connectivity index (χ2n) is 7.73. The Morgan fingerprint density at radius 2 is 2.14 bits per heavy atom. The number of pyridine rings is 1. The number of phenols is 1. The molecule has 1 aromatic heterocycles. The van der Waals surface area contributed by atoms with Crippen LogP contribution in [-0.4, -0.2) is 49.6 Å². The fourth-order valence-electron chi connectivity index (χ4n) is 4.71. The van der Waals surface area contributed by atoms with E-state index in [2.05, 4.69) is 0 Å². The van der Waals surface area contributed by atoms with Crippen LogP contribution in [0.1, 0.15) is 37.1 Å². The summed E-state index contributed by atoms with van der Waals surface area (Å²) in [5.74, 6) is -0.504. The Balaban J connectivity index is 1.75. The van der Waals surface area contributed by atoms with Gasteiger partial charge in [-0.2, -0.15) is 0 Å². The van der Waals surface area contributed by atoms with Gasteiger partial charge in [-0.1, -0.05) is 13.8 Å². The van der Waals surface area contributed by atoms with Crippen molar-refractivity contribution in [3.8, 4) is 5.75 Å². The molecule has 3 aliphatic heterocycles. The summed E-state index contributed by atoms with van der Waals surface area (Å²) < 4.78 is 5.16. The maximum Gasteiger partial charge on any atom is 0.343 e. The van der Waals surface area contributed by atoms with Crippen molar-refractivity contribution in [2.75, 3.05) is 6.61 Å². The molecule has 0 radical (unpaired) electrons. The number of benzene rings is 1. The Bertz CT molecular complexity index is 1140. The fraction of sp³-hybridized carbons (Fsp3) is 0.364. The molecule has 7 heteroatoms. The number of esters is 1. The summed E-state index contributed by atoms with van der Waals surface area (Å²) in [6, 6.07) is 5.10. The van der Waals surface area contributed by atoms with Crippen LogP contribution in [0.15, 0.2) is 35.4 Å². The monoisotopic (exact) mass is 394 g/mol. The number of aliphatic hydroxyl groups is 2. The number of phenolic OH excluding ortho intramolecular Hbond substituents is 1. The van der Waals surface area contributed by atoms with E-state index in [0.29, 0.717) is 23.4 Å². The van der Waals surface area contributed by atoms with E-state index in [4.69, 9.17) is 9.72 Å². The highest BCUT2D eigenvalue weighted by atomic mass is 16.6. The molecule has 0 saturated heterocycles. The highest BCUT2D eigenvalue weighted by molar-refractivity contribution is 5.91. The van der Waals surface area contributed by atoms with Gasteiger partial charge in [-0.3, -0.25) is 0 Å². The van der Waals surface area contributed by atoms with Crippen LogP contribution in [0, 0.1) is 0 Å². The molecule has 5 rings (SSSR count). The topological polar surface area (TPSA) is 103 Å². The largest absolute Gasteiger partial charge is 0.508 e. The van der Waals surface area contributed by atoms with Gasteiger partial charge in [0.05, 0.1) is 16.9 Å². The number of hydrogen-bond donors (Lipinski definition) is 3. The molecule has 0 amide bonds. The Morgan fingerprint density at radius 3 is 2.86 bits per heavy atom. The number of aryl methyl sites for hydroxylation is 1. The lowest BCUT2D eigenvalue weighted by Gasteiger charge is -2.40. The molecule has 150 valence electrons. The van der Waals surface area contributed by atoms with Gasteiger partial charge in [0.25, 0.3) is 0 Å². The molecule has 7 nitrogen and oxygen atoms in total. The highest BCUT2D eigenvalue weighted by Crippen LogP contribution is 2.46. The molecular formula is C22H22N2O5. The van der Waals surface area contributed by atoms with Crippen molar-refractivity contribution in [1.29, 1.82) is 0 Å². The zero-order valence-corrected chi connectivity index (χ0v) is 16.3. The third-order valence-corrected chi connectivity index (χ3v) is 6.31. The predicted octanol–water partition coefficient (Wildman–Crippen LogP) is 1.99. The summed E-state index contributed by atoms with van der Waals surface area (Å²) in [6.45, 7) is 4.18. The second kappa shape index (κ2) is 6.05. The van der Waals surface area contributed by atoms with Crippen LogP contribution < -0.4 is 0 Å². The number of rotatable bonds is 2. The number of carbonyl (C=O) groups excluding carboxylic acids is 1. The van der Waals surface area contributed by atoms with E-state index in [9.17, 15) is 20.1 Å². The average Bonchev–Trinajstić information content (AvgIpc) is 3.08. The van der Waals surface area contributed by atoms with Crippen LogP contribution in [0.25, 0.3) is 16.6 Å². The summed E-state index contributed by atoms with van der Waals surface area (Å²) in [4.78, 5) is 18.9. The number of hydrogen-bond acceptors (Lipinski definition) is 7. The van der Waals surface area contributed by atoms with E-state index in [1.165, 1.54) is 0 Å². The van der Waals surface area contributed by atoms with Gasteiger partial charge in [-0.05, 0) is 42.7 Å². The number of aromatic hydroxyl groups is 1. The molecule has 4 heterocycles. The van der Waals surface area contributed by atoms with Crippen molar-refractivity contribution < 1.29 is 24.9 Å². The van der Waals surface area contributed by atoms with E-state index in [0.717, 1.165) is 34.1 Å². The van der Waals surface area contributed by atoms with Gasteiger partial charge in [-0.15, -0.1) is 0 Å². The molecule has 2 unspecified atom stereocenters. The van der Waals surface area contributed by atoms with Crippen LogP contribution in [0.2, 0.25) is 0 Å². The normalized spacial score (nSPS) is 25.5. The van der Waals surface area contributed by atoms with Crippen LogP contribution in [-0.2, 0) is 22.5 Å². The van der Waals surface area contributed by atoms with Gasteiger partial charge in [0.2, 0.25) is 0 Å². The lowest BCUT2D eigenvalue weighted by Crippen LogP contribution is -2.50. The smallest absolute Gasteiger partial charge is 0.343 e. The molecular weight excluding hydrogens is 372 g/mol. The standard InChI is InChI=1S/C22H22N2O5/c1-3-12-13-7-11(25)5-6-17(13)23-19-14(12)9-24-18(19)8-16-15(20(24)26)10-29-21(27)22(16,28)4-2/h5-8,20,25-26,28H,3-4,9-10H2,1-2H3. The van der Waals surface area contributed by atoms with E-state index in [-0.39, 0.29) is 18.8 Å². The summed E-state index contributed by atoms with van der Waals surface area (Å²) in [7, 11) is 0. The molecule has 3 aliphatic rings. The first-order valence-electron chi connectivity index (χ1n) is 9.83. The van der Waals surface area contributed by atoms with E-state index < -0.39 is 17.8 Å². The lowest BCUT2D eigenvalue weighted by molar-refractivity contribution is -0.164. The molecule has 2 atom stereocenters. The second-order valence-corrected chi connectivity index (χ2v) is 7.73. The molecule has 0 aliphatic carbocycles. The van der Waals surface area contributed by atoms with Gasteiger partial charge >= 0.3 is 5.97 Å². The van der Waals surface area contributed by atoms with E-state index >= 15 is 0 Å². The molecule has 0 saturated carbocycles. The van der Waals surface area contributed by atoms with Gasteiger partial charge in [0, 0.05) is 28.6 Å². The van der Waals surface area contributed by atoms with E-state index in [1.54, 1.807) is 31.2 Å². The Morgan fingerprint density at radius 1 is 1.34 bits per heavy atom. The maximum absolute atomic E-state index is 12.3. The molecule has 1 aromatic carbocycles. The molecule has 0 bridgehead atoms. The SMILES string of the molecule is CCc1c2c(nc3ccc(O)cc13)C1=CC3=C(COC(=O)C3(O)CC)C(O)N1C2. The molecule has 0 fully saturated rings. The Labute approximate surface area is 167 Å². The third-order valence-electron chi connectivity index (χ3n) is 6.31. The van der Waals surface area contributed by atoms with Crippen molar-refractivity contribution in [2.45, 2.75) is 45.1 Å². The summed E-state index contributed by atoms with van der Waals surface area (Å²) >= 11 is 0. The first-order chi connectivity index (χ1) is 13.9. The molecule has 2 aromatic rings. The number of aliphatic hydroxyl groups excluding tert-OH is 1. The summed E-state index contributed by atoms with van der Waals surface area (Å²) in [6.07, 6.45) is 1.66. The minimum absolute atomic E-state index is 0.0435. The van der Waals surface area contributed by atoms with Crippen LogP contribution in [0.5, 0.6) is 5.75 Å². The number of fused-ring (bicyclic) bond motifs is 4. The van der Waals surface area contributed by atoms with Crippen molar-refractivity contribution >= 4 is 22.6 Å². The van der Waals surface area contributed by atoms with Gasteiger partial charge in [0.15, 0.2) is 11.8 Å². The van der Waals surface area contributed by atoms with Gasteiger partial charge in [-0.25, -0.2) is 9.78 Å². The summed E-state index contributed by atoms with van der Waals surface area (Å²) in [5.41, 5.74) is 3.39. The number of nitrogens with zero attached hydrogens (tertiary/aromatic N) is 2. The average molecular weight is 394 g/mol. The molecule has 0 spiro atoms. The van der Waals surface area contributed by atoms with Crippen LogP contribution >= 0.6 is 0 Å². The minimum atomic E-state index is -1.77. The van der Waals surface area contributed by atoms with E-state index in [1.807, 2.05) is 11.8 Å². The Hall–Kier alpha value is -2.90. The quantitative estimate of drug-likeness (QED) is 0.669. The highest BCUT2D eigenvalue weighted by Gasteiger charge is 2.49. The zero-order valence-electron chi connectivity index (χ0n) is 16.3. The lowest BCUT2D eigenvalue weighted by atomic mass is 9.82. The first-order valence-corrected chi connectivity index (χ1v) is 9.83. The van der Waals surface area contributed by atoms with Gasteiger partial charge < -0.3 is 25.0 Å². The van der Waals surface area contributed by atoms with Crippen molar-refractivity contribution in [3.05, 3.63) is 52.2 Å². The fourth-order valence-corrected chi connectivity index (χ4v) is 4.71. The van der Waals surface area contributed by atoms with Crippen molar-refractivity contribution in [1.82, 2.24) is 9.88 Å². The zero-order chi connectivity index (χ0) is 20.5. The minimum Gasteiger partial charge on any atom is -0.508 e.